The van der Waals surface area contributed by atoms with Gasteiger partial charge in [-0.1, -0.05) is 30.3 Å². The van der Waals surface area contributed by atoms with E-state index in [2.05, 4.69) is 0 Å². The normalized spacial score (nSPS) is 12.0. The second kappa shape index (κ2) is 5.61. The Hall–Kier alpha value is -2.08. The quantitative estimate of drug-likeness (QED) is 0.557. The van der Waals surface area contributed by atoms with Crippen LogP contribution in [0, 0.1) is 11.3 Å². The maximum absolute atomic E-state index is 10.9. The predicted octanol–water partition coefficient (Wildman–Crippen LogP) is 2.37. The van der Waals surface area contributed by atoms with Crippen LogP contribution in [-0.2, 0) is 9.53 Å². The molecule has 1 rings (SSSR count). The molecule has 0 bridgehead atoms. The number of nitriles is 1. The first kappa shape index (κ1) is 11.0. The molecule has 0 aliphatic heterocycles. The van der Waals surface area contributed by atoms with Crippen LogP contribution in [-0.4, -0.2) is 5.97 Å². The SMILES string of the molecule is CC(=O)O[C@@H](/C=C/C#N)c1ccccc1. The minimum Gasteiger partial charge on any atom is -0.453 e. The van der Waals surface area contributed by atoms with Gasteiger partial charge in [0, 0.05) is 13.0 Å². The topological polar surface area (TPSA) is 50.1 Å². The van der Waals surface area contributed by atoms with Gasteiger partial charge in [0.05, 0.1) is 6.07 Å². The monoisotopic (exact) mass is 201 g/mol. The molecule has 0 radical (unpaired) electrons. The van der Waals surface area contributed by atoms with Crippen LogP contribution in [0.2, 0.25) is 0 Å². The van der Waals surface area contributed by atoms with E-state index in [0.29, 0.717) is 0 Å². The Bertz CT molecular complexity index is 390. The van der Waals surface area contributed by atoms with Gasteiger partial charge in [0.1, 0.15) is 6.10 Å². The lowest BCUT2D eigenvalue weighted by atomic mass is 10.1. The van der Waals surface area contributed by atoms with E-state index >= 15 is 0 Å². The third-order valence-electron chi connectivity index (χ3n) is 1.77. The predicted molar refractivity (Wildman–Crippen MR) is 55.7 cm³/mol. The number of nitrogens with zero attached hydrogens (tertiary/aromatic N) is 1. The first-order valence-corrected chi connectivity index (χ1v) is 4.52. The molecular weight excluding hydrogens is 190 g/mol. The number of hydrogen-bond acceptors (Lipinski definition) is 3. The van der Waals surface area contributed by atoms with Crippen molar-refractivity contribution in [3.63, 3.8) is 0 Å². The molecule has 0 amide bonds. The smallest absolute Gasteiger partial charge is 0.303 e. The number of ether oxygens (including phenoxy) is 1. The second-order valence-electron chi connectivity index (χ2n) is 2.93. The molecular formula is C12H11NO2. The molecule has 0 saturated heterocycles. The molecule has 0 unspecified atom stereocenters. The van der Waals surface area contributed by atoms with Gasteiger partial charge < -0.3 is 4.74 Å². The van der Waals surface area contributed by atoms with Crippen molar-refractivity contribution in [3.8, 4) is 6.07 Å². The highest BCUT2D eigenvalue weighted by atomic mass is 16.5. The summed E-state index contributed by atoms with van der Waals surface area (Å²) in [7, 11) is 0. The van der Waals surface area contributed by atoms with Crippen LogP contribution in [0.1, 0.15) is 18.6 Å². The maximum atomic E-state index is 10.9. The van der Waals surface area contributed by atoms with Crippen molar-refractivity contribution in [2.75, 3.05) is 0 Å². The van der Waals surface area contributed by atoms with Crippen LogP contribution in [0.5, 0.6) is 0 Å². The number of allylic oxidation sites excluding steroid dienone is 1. The van der Waals surface area contributed by atoms with Crippen LogP contribution in [0.4, 0.5) is 0 Å². The van der Waals surface area contributed by atoms with Gasteiger partial charge in [-0.05, 0) is 11.6 Å². The van der Waals surface area contributed by atoms with Gasteiger partial charge >= 0.3 is 5.97 Å². The summed E-state index contributed by atoms with van der Waals surface area (Å²) in [6.45, 7) is 1.34. The molecule has 0 aliphatic carbocycles. The van der Waals surface area contributed by atoms with E-state index < -0.39 is 6.10 Å². The number of benzene rings is 1. The van der Waals surface area contributed by atoms with E-state index in [4.69, 9.17) is 10.00 Å². The molecule has 0 N–H and O–H groups in total. The Kier molecular flexibility index (Phi) is 4.11. The minimum absolute atomic E-state index is 0.369. The van der Waals surface area contributed by atoms with Crippen molar-refractivity contribution >= 4 is 5.97 Å². The highest BCUT2D eigenvalue weighted by Gasteiger charge is 2.09. The van der Waals surface area contributed by atoms with Crippen molar-refractivity contribution < 1.29 is 9.53 Å². The lowest BCUT2D eigenvalue weighted by Crippen LogP contribution is -2.05. The summed E-state index contributed by atoms with van der Waals surface area (Å²) in [5.74, 6) is -0.369. The van der Waals surface area contributed by atoms with Crippen molar-refractivity contribution in [2.45, 2.75) is 13.0 Å². The summed E-state index contributed by atoms with van der Waals surface area (Å²) < 4.78 is 5.06. The maximum Gasteiger partial charge on any atom is 0.303 e. The van der Waals surface area contributed by atoms with E-state index in [-0.39, 0.29) is 5.97 Å². The van der Waals surface area contributed by atoms with Gasteiger partial charge in [-0.3, -0.25) is 4.79 Å². The third-order valence-corrected chi connectivity index (χ3v) is 1.77. The largest absolute Gasteiger partial charge is 0.453 e. The summed E-state index contributed by atoms with van der Waals surface area (Å²) in [5, 5.41) is 8.42. The molecule has 15 heavy (non-hydrogen) atoms. The zero-order valence-electron chi connectivity index (χ0n) is 8.38. The summed E-state index contributed by atoms with van der Waals surface area (Å²) in [4.78, 5) is 10.9. The number of esters is 1. The van der Waals surface area contributed by atoms with E-state index in [1.807, 2.05) is 36.4 Å². The number of hydrogen-bond donors (Lipinski definition) is 0. The molecule has 1 atom stereocenters. The Morgan fingerprint density at radius 2 is 2.13 bits per heavy atom. The number of carbonyl (C=O) groups excluding carboxylic acids is 1. The zero-order chi connectivity index (χ0) is 11.1. The van der Waals surface area contributed by atoms with Gasteiger partial charge in [-0.25, -0.2) is 0 Å². The zero-order valence-corrected chi connectivity index (χ0v) is 8.38. The van der Waals surface area contributed by atoms with Crippen LogP contribution >= 0.6 is 0 Å². The van der Waals surface area contributed by atoms with Gasteiger partial charge in [0.15, 0.2) is 0 Å². The first-order chi connectivity index (χ1) is 7.24. The molecule has 0 fully saturated rings. The van der Waals surface area contributed by atoms with Gasteiger partial charge in [-0.2, -0.15) is 5.26 Å². The minimum atomic E-state index is -0.483. The molecule has 76 valence electrons. The van der Waals surface area contributed by atoms with E-state index in [1.54, 1.807) is 6.08 Å². The fourth-order valence-corrected chi connectivity index (χ4v) is 1.17. The van der Waals surface area contributed by atoms with Crippen LogP contribution < -0.4 is 0 Å². The standard InChI is InChI=1S/C12H11NO2/c1-10(14)15-12(8-5-9-13)11-6-3-2-4-7-11/h2-8,12H,1H3/b8-5+/t12-/m0/s1. The van der Waals surface area contributed by atoms with Crippen molar-refractivity contribution in [1.29, 1.82) is 5.26 Å². The molecule has 0 aliphatic rings. The summed E-state index contributed by atoms with van der Waals surface area (Å²) in [6.07, 6.45) is 2.38. The van der Waals surface area contributed by atoms with Crippen LogP contribution in [0.15, 0.2) is 42.5 Å². The first-order valence-electron chi connectivity index (χ1n) is 4.52. The van der Waals surface area contributed by atoms with E-state index in [9.17, 15) is 4.79 Å². The second-order valence-corrected chi connectivity index (χ2v) is 2.93. The average molecular weight is 201 g/mol. The Labute approximate surface area is 88.6 Å². The third kappa shape index (κ3) is 3.65. The van der Waals surface area contributed by atoms with E-state index in [1.165, 1.54) is 13.0 Å². The fraction of sp³-hybridized carbons (Fsp3) is 0.167. The van der Waals surface area contributed by atoms with Crippen LogP contribution in [0.3, 0.4) is 0 Å². The highest BCUT2D eigenvalue weighted by molar-refractivity contribution is 5.66. The molecule has 0 saturated carbocycles. The molecule has 0 aromatic heterocycles. The summed E-state index contributed by atoms with van der Waals surface area (Å²) in [6, 6.07) is 11.1. The number of carbonyl (C=O) groups is 1. The number of rotatable bonds is 3. The molecule has 0 spiro atoms. The molecule has 3 heteroatoms. The van der Waals surface area contributed by atoms with Crippen molar-refractivity contribution in [3.05, 3.63) is 48.0 Å². The molecule has 1 aromatic rings. The van der Waals surface area contributed by atoms with Gasteiger partial charge in [0.25, 0.3) is 0 Å². The lowest BCUT2D eigenvalue weighted by molar-refractivity contribution is -0.144. The Morgan fingerprint density at radius 3 is 2.67 bits per heavy atom. The summed E-state index contributed by atoms with van der Waals surface area (Å²) in [5.41, 5.74) is 0.846. The lowest BCUT2D eigenvalue weighted by Gasteiger charge is -2.12. The van der Waals surface area contributed by atoms with Gasteiger partial charge in [-0.15, -0.1) is 0 Å². The molecule has 0 heterocycles. The fourth-order valence-electron chi connectivity index (χ4n) is 1.17. The van der Waals surface area contributed by atoms with Crippen molar-refractivity contribution in [2.24, 2.45) is 0 Å². The average Bonchev–Trinajstić information content (AvgIpc) is 2.25. The van der Waals surface area contributed by atoms with Gasteiger partial charge in [0.2, 0.25) is 0 Å². The Morgan fingerprint density at radius 1 is 1.47 bits per heavy atom. The van der Waals surface area contributed by atoms with Crippen LogP contribution in [0.25, 0.3) is 0 Å². The molecule has 3 nitrogen and oxygen atoms in total. The Balaban J connectivity index is 2.87. The van der Waals surface area contributed by atoms with E-state index in [0.717, 1.165) is 5.56 Å². The summed E-state index contributed by atoms with van der Waals surface area (Å²) >= 11 is 0. The van der Waals surface area contributed by atoms with Crippen molar-refractivity contribution in [1.82, 2.24) is 0 Å². The molecule has 1 aromatic carbocycles. The highest BCUT2D eigenvalue weighted by Crippen LogP contribution is 2.18.